The van der Waals surface area contributed by atoms with Gasteiger partial charge in [-0.05, 0) is 74.1 Å². The maximum Gasteiger partial charge on any atom is 0.255 e. The lowest BCUT2D eigenvalue weighted by Crippen LogP contribution is -2.24. The highest BCUT2D eigenvalue weighted by Crippen LogP contribution is 2.28. The molecule has 0 aliphatic heterocycles. The normalized spacial score (nSPS) is 10.9. The van der Waals surface area contributed by atoms with E-state index in [0.717, 1.165) is 79.9 Å². The number of para-hydroxylation sites is 3. The van der Waals surface area contributed by atoms with Gasteiger partial charge in [0.1, 0.15) is 11.6 Å². The predicted octanol–water partition coefficient (Wildman–Crippen LogP) is 6.78. The zero-order valence-corrected chi connectivity index (χ0v) is 24.2. The molecule has 0 saturated heterocycles. The molecule has 0 atom stereocenters. The summed E-state index contributed by atoms with van der Waals surface area (Å²) >= 11 is 0. The quantitative estimate of drug-likeness (QED) is 0.115. The molecular formula is C34H41N3O4. The molecule has 0 saturated carbocycles. The second kappa shape index (κ2) is 15.5. The minimum absolute atomic E-state index is 0.101. The summed E-state index contributed by atoms with van der Waals surface area (Å²) in [5.41, 5.74) is 3.93. The number of imidazole rings is 1. The number of hydrogen-bond acceptors (Lipinski definition) is 5. The first-order valence-corrected chi connectivity index (χ1v) is 14.4. The van der Waals surface area contributed by atoms with Crippen LogP contribution in [0.1, 0.15) is 53.8 Å². The number of carbonyl (C=O) groups is 1. The SMILES string of the molecule is C=CCc1ccc(OCCCCn2c(CCCCCNC(=O)c3ccccc3OC)nc3ccccc32)c(OC)c1. The summed E-state index contributed by atoms with van der Waals surface area (Å²) in [6.07, 6.45) is 8.44. The lowest BCUT2D eigenvalue weighted by molar-refractivity contribution is 0.0950. The van der Waals surface area contributed by atoms with Crippen LogP contribution in [0.15, 0.2) is 79.4 Å². The number of allylic oxidation sites excluding steroid dienone is 1. The van der Waals surface area contributed by atoms with Crippen molar-refractivity contribution in [3.8, 4) is 17.2 Å². The Hall–Kier alpha value is -4.26. The Balaban J connectivity index is 1.23. The summed E-state index contributed by atoms with van der Waals surface area (Å²) in [7, 11) is 3.25. The zero-order valence-electron chi connectivity index (χ0n) is 24.2. The highest BCUT2D eigenvalue weighted by atomic mass is 16.5. The largest absolute Gasteiger partial charge is 0.496 e. The molecule has 0 fully saturated rings. The number of aromatic nitrogens is 2. The number of rotatable bonds is 17. The fraction of sp³-hybridized carbons (Fsp3) is 0.353. The summed E-state index contributed by atoms with van der Waals surface area (Å²) in [6.45, 7) is 5.95. The Morgan fingerprint density at radius 2 is 1.71 bits per heavy atom. The summed E-state index contributed by atoms with van der Waals surface area (Å²) < 4.78 is 19.2. The topological polar surface area (TPSA) is 74.6 Å². The van der Waals surface area contributed by atoms with E-state index in [-0.39, 0.29) is 5.91 Å². The van der Waals surface area contributed by atoms with Gasteiger partial charge in [-0.25, -0.2) is 4.98 Å². The molecule has 3 aromatic carbocycles. The van der Waals surface area contributed by atoms with E-state index in [1.807, 2.05) is 36.4 Å². The van der Waals surface area contributed by atoms with Crippen LogP contribution in [0.3, 0.4) is 0 Å². The molecule has 0 aliphatic rings. The number of carbonyl (C=O) groups excluding carboxylic acids is 1. The van der Waals surface area contributed by atoms with Gasteiger partial charge in [-0.1, -0.05) is 42.8 Å². The molecule has 0 radical (unpaired) electrons. The molecule has 4 rings (SSSR count). The van der Waals surface area contributed by atoms with E-state index in [4.69, 9.17) is 19.2 Å². The van der Waals surface area contributed by atoms with Crippen molar-refractivity contribution in [2.75, 3.05) is 27.4 Å². The van der Waals surface area contributed by atoms with Gasteiger partial charge >= 0.3 is 0 Å². The van der Waals surface area contributed by atoms with E-state index in [2.05, 4.69) is 40.7 Å². The highest BCUT2D eigenvalue weighted by Gasteiger charge is 2.12. The number of methoxy groups -OCH3 is 2. The lowest BCUT2D eigenvalue weighted by atomic mass is 10.1. The van der Waals surface area contributed by atoms with Crippen LogP contribution in [0.4, 0.5) is 0 Å². The zero-order chi connectivity index (χ0) is 28.9. The van der Waals surface area contributed by atoms with Gasteiger partial charge in [-0.3, -0.25) is 4.79 Å². The Morgan fingerprint density at radius 3 is 2.54 bits per heavy atom. The van der Waals surface area contributed by atoms with Crippen LogP contribution in [0.5, 0.6) is 17.2 Å². The van der Waals surface area contributed by atoms with Crippen LogP contribution in [0.2, 0.25) is 0 Å². The van der Waals surface area contributed by atoms with Gasteiger partial charge < -0.3 is 24.1 Å². The number of unbranched alkanes of at least 4 members (excludes halogenated alkanes) is 3. The smallest absolute Gasteiger partial charge is 0.255 e. The lowest BCUT2D eigenvalue weighted by Gasteiger charge is -2.13. The molecule has 0 spiro atoms. The second-order valence-corrected chi connectivity index (χ2v) is 9.97. The van der Waals surface area contributed by atoms with Gasteiger partial charge in [0.05, 0.1) is 37.4 Å². The predicted molar refractivity (Wildman–Crippen MR) is 164 cm³/mol. The average Bonchev–Trinajstić information content (AvgIpc) is 3.36. The van der Waals surface area contributed by atoms with Crippen molar-refractivity contribution >= 4 is 16.9 Å². The number of amides is 1. The number of ether oxygens (including phenoxy) is 3. The molecule has 0 bridgehead atoms. The molecule has 41 heavy (non-hydrogen) atoms. The monoisotopic (exact) mass is 555 g/mol. The van der Waals surface area contributed by atoms with Crippen molar-refractivity contribution in [3.05, 3.63) is 96.3 Å². The third-order valence-corrected chi connectivity index (χ3v) is 7.09. The summed E-state index contributed by atoms with van der Waals surface area (Å²) in [5.74, 6) is 3.13. The summed E-state index contributed by atoms with van der Waals surface area (Å²) in [5, 5.41) is 3.01. The van der Waals surface area contributed by atoms with Crippen LogP contribution in [-0.4, -0.2) is 42.8 Å². The van der Waals surface area contributed by atoms with Gasteiger partial charge in [0.15, 0.2) is 11.5 Å². The molecule has 1 N–H and O–H groups in total. The van der Waals surface area contributed by atoms with Crippen LogP contribution in [0, 0.1) is 0 Å². The van der Waals surface area contributed by atoms with Gasteiger partial charge in [0.25, 0.3) is 5.91 Å². The van der Waals surface area contributed by atoms with E-state index in [1.165, 1.54) is 5.52 Å². The van der Waals surface area contributed by atoms with Crippen molar-refractivity contribution in [2.45, 2.75) is 51.5 Å². The van der Waals surface area contributed by atoms with Gasteiger partial charge in [-0.15, -0.1) is 6.58 Å². The van der Waals surface area contributed by atoms with E-state index >= 15 is 0 Å². The Bertz CT molecular complexity index is 1430. The van der Waals surface area contributed by atoms with Crippen LogP contribution in [0.25, 0.3) is 11.0 Å². The number of nitrogens with zero attached hydrogens (tertiary/aromatic N) is 2. The van der Waals surface area contributed by atoms with Crippen LogP contribution >= 0.6 is 0 Å². The van der Waals surface area contributed by atoms with Crippen molar-refractivity contribution in [3.63, 3.8) is 0 Å². The maximum absolute atomic E-state index is 12.5. The van der Waals surface area contributed by atoms with E-state index < -0.39 is 0 Å². The first-order chi connectivity index (χ1) is 20.1. The first-order valence-electron chi connectivity index (χ1n) is 14.4. The average molecular weight is 556 g/mol. The molecule has 216 valence electrons. The minimum atomic E-state index is -0.101. The molecule has 1 heterocycles. The van der Waals surface area contributed by atoms with Gasteiger partial charge in [0.2, 0.25) is 0 Å². The molecule has 1 amide bonds. The molecule has 7 heteroatoms. The van der Waals surface area contributed by atoms with Crippen LogP contribution < -0.4 is 19.5 Å². The molecule has 0 aliphatic carbocycles. The van der Waals surface area contributed by atoms with E-state index in [9.17, 15) is 4.79 Å². The Kier molecular flexibility index (Phi) is 11.2. The first kappa shape index (κ1) is 29.7. The molecule has 1 aromatic heterocycles. The number of benzene rings is 3. The Morgan fingerprint density at radius 1 is 0.902 bits per heavy atom. The fourth-order valence-corrected chi connectivity index (χ4v) is 4.96. The molecule has 7 nitrogen and oxygen atoms in total. The van der Waals surface area contributed by atoms with Crippen molar-refractivity contribution < 1.29 is 19.0 Å². The fourth-order valence-electron chi connectivity index (χ4n) is 4.96. The van der Waals surface area contributed by atoms with Gasteiger partial charge in [0, 0.05) is 19.5 Å². The van der Waals surface area contributed by atoms with Crippen molar-refractivity contribution in [1.82, 2.24) is 14.9 Å². The van der Waals surface area contributed by atoms with Crippen molar-refractivity contribution in [2.24, 2.45) is 0 Å². The summed E-state index contributed by atoms with van der Waals surface area (Å²) in [6, 6.07) is 21.7. The van der Waals surface area contributed by atoms with Crippen molar-refractivity contribution in [1.29, 1.82) is 0 Å². The molecular weight excluding hydrogens is 514 g/mol. The maximum atomic E-state index is 12.5. The minimum Gasteiger partial charge on any atom is -0.496 e. The number of nitrogens with one attached hydrogen (secondary N) is 1. The van der Waals surface area contributed by atoms with E-state index in [1.54, 1.807) is 26.4 Å². The molecule has 4 aromatic rings. The van der Waals surface area contributed by atoms with Crippen LogP contribution in [-0.2, 0) is 19.4 Å². The second-order valence-electron chi connectivity index (χ2n) is 9.97. The Labute approximate surface area is 243 Å². The standard InChI is InChI=1S/C34H41N3O4/c1-4-14-26-20-21-31(32(25-26)40-3)41-24-13-12-23-37-29-17-9-8-16-28(29)36-33(37)19-6-5-11-22-35-34(38)27-15-7-10-18-30(27)39-2/h4,7-10,15-18,20-21,25H,1,5-6,11-14,19,22-24H2,2-3H3,(H,35,38). The number of aryl methyl sites for hydroxylation is 2. The number of fused-ring (bicyclic) bond motifs is 1. The summed E-state index contributed by atoms with van der Waals surface area (Å²) in [4.78, 5) is 17.4. The highest BCUT2D eigenvalue weighted by molar-refractivity contribution is 5.96. The molecule has 0 unspecified atom stereocenters. The third-order valence-electron chi connectivity index (χ3n) is 7.09. The third kappa shape index (κ3) is 8.13. The van der Waals surface area contributed by atoms with Gasteiger partial charge in [-0.2, -0.15) is 0 Å². The number of hydrogen-bond donors (Lipinski definition) is 1. The van der Waals surface area contributed by atoms with E-state index in [0.29, 0.717) is 24.5 Å².